The van der Waals surface area contributed by atoms with Gasteiger partial charge in [-0.25, -0.2) is 24.0 Å². The van der Waals surface area contributed by atoms with Gasteiger partial charge in [0.05, 0.1) is 12.2 Å². The number of halogens is 15. The minimum atomic E-state index is -5.08. The number of nitrogens with one attached hydrogen (secondary N) is 9. The van der Waals surface area contributed by atoms with Crippen LogP contribution in [0.25, 0.3) is 0 Å². The molecule has 9 amide bonds. The van der Waals surface area contributed by atoms with Crippen molar-refractivity contribution >= 4 is 83.0 Å². The van der Waals surface area contributed by atoms with E-state index in [-0.39, 0.29) is 77.0 Å². The van der Waals surface area contributed by atoms with Crippen molar-refractivity contribution in [2.45, 2.75) is 170 Å². The second-order valence-electron chi connectivity index (χ2n) is 21.1. The van der Waals surface area contributed by atoms with Gasteiger partial charge < -0.3 is 112 Å². The van der Waals surface area contributed by atoms with Crippen LogP contribution in [0.4, 0.5) is 65.9 Å². The Morgan fingerprint density at radius 2 is 0.796 bits per heavy atom. The van der Waals surface area contributed by atoms with E-state index in [1.807, 2.05) is 0 Å². The first-order valence-corrected chi connectivity index (χ1v) is 29.1. The average molecular weight is 1530 g/mol. The molecule has 592 valence electrons. The van der Waals surface area contributed by atoms with Crippen molar-refractivity contribution in [3.05, 3.63) is 35.9 Å². The van der Waals surface area contributed by atoms with Crippen LogP contribution in [0.5, 0.6) is 0 Å². The fourth-order valence-corrected chi connectivity index (χ4v) is 7.00. The lowest BCUT2D eigenvalue weighted by atomic mass is 10.00. The fourth-order valence-electron chi connectivity index (χ4n) is 7.00. The Bertz CT molecular complexity index is 2780. The zero-order chi connectivity index (χ0) is 81.5. The number of hydrogen-bond donors (Lipinski definition) is 21. The van der Waals surface area contributed by atoms with Gasteiger partial charge in [0.2, 0.25) is 53.2 Å². The number of carbonyl (C=O) groups excluding carboxylic acids is 9. The van der Waals surface area contributed by atoms with Crippen molar-refractivity contribution in [3.8, 4) is 0 Å². The largest absolute Gasteiger partial charge is 0.490 e. The highest BCUT2D eigenvalue weighted by atomic mass is 19.4. The van der Waals surface area contributed by atoms with Crippen LogP contribution < -0.4 is 76.5 Å². The smallest absolute Gasteiger partial charge is 0.475 e. The predicted molar refractivity (Wildman–Crippen MR) is 317 cm³/mol. The summed E-state index contributed by atoms with van der Waals surface area (Å²) in [6, 6.07) is -4.14. The van der Waals surface area contributed by atoms with Crippen LogP contribution in [0.2, 0.25) is 0 Å². The molecule has 50 heteroatoms. The summed E-state index contributed by atoms with van der Waals surface area (Å²) in [5.74, 6) is -21.9. The highest BCUT2D eigenvalue weighted by Gasteiger charge is 2.42. The number of carboxylic acid groups (broad SMARTS) is 5. The SMILES string of the molecule is CC(C)C[C@@H]1NC(=O)[C@@H](Cc2ccccc2)NC(=O)[C@H](CCN)NC(=O)[C@@H](NC(=O)[C@H](CCN)NC(=O)[C@@H](N)[C@@H](C)O)CCNC(=O)[C@H]([C@@H](C)O)NC(=O)[C@H](CCN)NC(=O)[C@H](CCN)NC1=O.O=C(O)C(F)(F)F.O=C(O)C(F)(F)F.O=C(O)C(F)(F)F.O=C(O)C(F)(F)F.O=C(O)C(F)(F)F. The highest BCUT2D eigenvalue weighted by Crippen LogP contribution is 2.17. The lowest BCUT2D eigenvalue weighted by Gasteiger charge is -2.28. The van der Waals surface area contributed by atoms with Crippen LogP contribution in [0.15, 0.2) is 30.3 Å². The monoisotopic (exact) mass is 1530 g/mol. The Balaban J connectivity index is -0.00000113. The maximum Gasteiger partial charge on any atom is 0.490 e. The third-order valence-corrected chi connectivity index (χ3v) is 12.1. The summed E-state index contributed by atoms with van der Waals surface area (Å²) in [4.78, 5) is 169. The molecule has 26 N–H and O–H groups in total. The molecule has 35 nitrogen and oxygen atoms in total. The molecule has 0 unspecified atom stereocenters. The van der Waals surface area contributed by atoms with E-state index < -0.39 is 187 Å². The lowest BCUT2D eigenvalue weighted by molar-refractivity contribution is -0.193. The number of carboxylic acids is 5. The van der Waals surface area contributed by atoms with E-state index in [1.165, 1.54) is 13.8 Å². The second kappa shape index (κ2) is 47.6. The number of benzene rings is 1. The summed E-state index contributed by atoms with van der Waals surface area (Å²) in [5, 5.41) is 79.0. The van der Waals surface area contributed by atoms with Gasteiger partial charge in [-0.15, -0.1) is 0 Å². The number of hydrogen-bond acceptors (Lipinski definition) is 21. The van der Waals surface area contributed by atoms with Crippen LogP contribution in [-0.2, 0) is 73.5 Å². The average Bonchev–Trinajstić information content (AvgIpc) is 1.12. The van der Waals surface area contributed by atoms with Crippen molar-refractivity contribution in [1.82, 2.24) is 47.9 Å². The zero-order valence-corrected chi connectivity index (χ0v) is 54.2. The first-order valence-electron chi connectivity index (χ1n) is 29.1. The number of carbonyl (C=O) groups is 14. The first kappa shape index (κ1) is 99.8. The Morgan fingerprint density at radius 1 is 0.476 bits per heavy atom. The van der Waals surface area contributed by atoms with Crippen molar-refractivity contribution in [1.29, 1.82) is 0 Å². The molecular weight excluding hydrogens is 1450 g/mol. The number of nitrogens with two attached hydrogens (primary N) is 5. The van der Waals surface area contributed by atoms with E-state index in [1.54, 1.807) is 44.2 Å². The van der Waals surface area contributed by atoms with Gasteiger partial charge in [0.25, 0.3) is 0 Å². The minimum absolute atomic E-state index is 0.0731. The van der Waals surface area contributed by atoms with E-state index in [4.69, 9.17) is 78.2 Å². The van der Waals surface area contributed by atoms with Crippen molar-refractivity contribution in [2.75, 3.05) is 32.7 Å². The van der Waals surface area contributed by atoms with Crippen LogP contribution >= 0.6 is 0 Å². The minimum Gasteiger partial charge on any atom is -0.475 e. The maximum absolute atomic E-state index is 14.2. The Hall–Kier alpha value is -9.53. The number of amides is 9. The fraction of sp³-hybridized carbons (Fsp3) is 0.623. The van der Waals surface area contributed by atoms with Gasteiger partial charge in [-0.05, 0) is 90.0 Å². The molecule has 1 heterocycles. The number of aliphatic hydroxyl groups is 2. The molecule has 1 aromatic rings. The second-order valence-corrected chi connectivity index (χ2v) is 21.1. The van der Waals surface area contributed by atoms with Crippen LogP contribution in [-0.4, -0.2) is 249 Å². The molecule has 1 aromatic carbocycles. The van der Waals surface area contributed by atoms with Gasteiger partial charge in [-0.1, -0.05) is 44.2 Å². The standard InChI is InChI=1S/C43H74N14O11.5C2HF3O2/c1-22(2)20-31-40(65)52-26(10-15-44)35(60)51-29(13-18-47)39(64)57-34(24(4)59)43(68)49-19-14-30(53-36(61)28(12-17-46)54-42(67)33(48)23(3)58)38(63)50-27(11-16-45)37(62)56-32(41(66)55-31)21-25-8-6-5-7-9-25;5*3-2(4,5)1(6)7/h5-9,22-24,26-34,58-59H,10-21,44-48H2,1-4H3,(H,49,68)(H,50,63)(H,51,60)(H,52,65)(H,53,61)(H,54,67)(H,55,66)(H,56,62)(H,57,64);5*(H,6,7)/t23-,24-,26+,27+,28+,29+,30+,31+,32-,33+,34+;;;;;/m1...../s1. The van der Waals surface area contributed by atoms with E-state index in [9.17, 15) is 119 Å². The number of aliphatic carboxylic acids is 5. The molecule has 0 aliphatic carbocycles. The van der Waals surface area contributed by atoms with E-state index >= 15 is 0 Å². The molecule has 0 radical (unpaired) electrons. The van der Waals surface area contributed by atoms with E-state index in [2.05, 4.69) is 47.9 Å². The van der Waals surface area contributed by atoms with Gasteiger partial charge in [0.1, 0.15) is 54.4 Å². The highest BCUT2D eigenvalue weighted by molar-refractivity contribution is 5.98. The first-order chi connectivity index (χ1) is 46.9. The third kappa shape index (κ3) is 44.5. The number of rotatable bonds is 18. The molecule has 1 saturated heterocycles. The number of alkyl halides is 15. The predicted octanol–water partition coefficient (Wildman–Crippen LogP) is -3.68. The molecule has 1 aliphatic rings. The Kier molecular flexibility index (Phi) is 46.2. The molecular formula is C53H79F15N14O21. The number of aliphatic hydroxyl groups excluding tert-OH is 2. The van der Waals surface area contributed by atoms with E-state index in [0.717, 1.165) is 0 Å². The molecule has 0 aromatic heterocycles. The third-order valence-electron chi connectivity index (χ3n) is 12.1. The normalized spacial score (nSPS) is 20.3. The molecule has 1 fully saturated rings. The molecule has 0 bridgehead atoms. The summed E-state index contributed by atoms with van der Waals surface area (Å²) < 4.78 is 159. The summed E-state index contributed by atoms with van der Waals surface area (Å²) in [5.41, 5.74) is 29.6. The van der Waals surface area contributed by atoms with E-state index in [0.29, 0.717) is 5.56 Å². The van der Waals surface area contributed by atoms with Crippen LogP contribution in [0.3, 0.4) is 0 Å². The topological polar surface area (TPSA) is 619 Å². The van der Waals surface area contributed by atoms with Crippen LogP contribution in [0.1, 0.15) is 71.8 Å². The molecule has 2 rings (SSSR count). The summed E-state index contributed by atoms with van der Waals surface area (Å²) in [6.07, 6.45) is -29.2. The summed E-state index contributed by atoms with van der Waals surface area (Å²) in [6.45, 7) is 5.20. The quantitative estimate of drug-likeness (QED) is 0.0630. The van der Waals surface area contributed by atoms with Gasteiger partial charge in [0, 0.05) is 13.0 Å². The molecule has 0 saturated carbocycles. The van der Waals surface area contributed by atoms with Crippen molar-refractivity contribution < 1.29 is 169 Å². The van der Waals surface area contributed by atoms with Gasteiger partial charge in [-0.3, -0.25) is 43.2 Å². The van der Waals surface area contributed by atoms with Crippen molar-refractivity contribution in [2.24, 2.45) is 34.6 Å². The van der Waals surface area contributed by atoms with Gasteiger partial charge in [0.15, 0.2) is 0 Å². The Morgan fingerprint density at radius 3 is 1.12 bits per heavy atom. The molecule has 103 heavy (non-hydrogen) atoms. The van der Waals surface area contributed by atoms with Crippen LogP contribution in [0, 0.1) is 5.92 Å². The van der Waals surface area contributed by atoms with Crippen molar-refractivity contribution in [3.63, 3.8) is 0 Å². The molecule has 1 aliphatic heterocycles. The zero-order valence-electron chi connectivity index (χ0n) is 54.2. The maximum atomic E-state index is 14.2. The molecule has 11 atom stereocenters. The van der Waals surface area contributed by atoms with Gasteiger partial charge in [-0.2, -0.15) is 65.9 Å². The summed E-state index contributed by atoms with van der Waals surface area (Å²) in [7, 11) is 0. The van der Waals surface area contributed by atoms with Gasteiger partial charge >= 0.3 is 60.7 Å². The summed E-state index contributed by atoms with van der Waals surface area (Å²) >= 11 is 0. The lowest BCUT2D eigenvalue weighted by Crippen LogP contribution is -2.61. The Labute approximate surface area is 572 Å². The molecule has 0 spiro atoms.